The minimum Gasteiger partial charge on any atom is -0.394 e. The first kappa shape index (κ1) is 12.1. The summed E-state index contributed by atoms with van der Waals surface area (Å²) in [6, 6.07) is 0. The molecular formula is C3H8Cl2O4. The van der Waals surface area contributed by atoms with Crippen molar-refractivity contribution >= 4 is 23.7 Å². The minimum atomic E-state index is -0.954. The van der Waals surface area contributed by atoms with Crippen molar-refractivity contribution in [2.75, 3.05) is 13.2 Å². The van der Waals surface area contributed by atoms with E-state index in [1.54, 1.807) is 0 Å². The summed E-state index contributed by atoms with van der Waals surface area (Å²) in [5.41, 5.74) is 0. The highest BCUT2D eigenvalue weighted by Gasteiger charge is 1.93. The van der Waals surface area contributed by atoms with Gasteiger partial charge in [-0.1, -0.05) is 0 Å². The Morgan fingerprint density at radius 3 is 1.44 bits per heavy atom. The smallest absolute Gasteiger partial charge is 0.100 e. The summed E-state index contributed by atoms with van der Waals surface area (Å²) in [6.45, 7) is -0.729. The Balaban J connectivity index is 0. The van der Waals surface area contributed by atoms with Crippen molar-refractivity contribution in [1.29, 1.82) is 0 Å². The lowest BCUT2D eigenvalue weighted by molar-refractivity contribution is 0.0450. The molecule has 0 radical (unpaired) electrons. The molecule has 0 aromatic carbocycles. The molecule has 3 N–H and O–H groups in total. The van der Waals surface area contributed by atoms with Crippen LogP contribution in [0.2, 0.25) is 0 Å². The van der Waals surface area contributed by atoms with Crippen LogP contribution in [0.5, 0.6) is 0 Å². The molecule has 0 bridgehead atoms. The number of halogens is 2. The Kier molecular flexibility index (Phi) is 15.2. The molecule has 0 saturated carbocycles. The first-order valence-electron chi connectivity index (χ1n) is 2.02. The molecule has 0 spiro atoms. The summed E-state index contributed by atoms with van der Waals surface area (Å²) < 4.78 is 3.19. The lowest BCUT2D eigenvalue weighted by Crippen LogP contribution is -2.15. The standard InChI is InChI=1S/C3H8O3.Cl2O/c4-1-3(6)2-5;1-3-2/h3-6H,1-2H2;. The lowest BCUT2D eigenvalue weighted by Gasteiger charge is -1.96. The maximum atomic E-state index is 8.17. The third kappa shape index (κ3) is 17.8. The minimum absolute atomic E-state index is 0.365. The maximum absolute atomic E-state index is 8.17. The Morgan fingerprint density at radius 2 is 1.44 bits per heavy atom. The second-order valence-corrected chi connectivity index (χ2v) is 1.54. The van der Waals surface area contributed by atoms with E-state index in [1.165, 1.54) is 0 Å². The van der Waals surface area contributed by atoms with E-state index >= 15 is 0 Å². The number of aliphatic hydroxyl groups is 3. The van der Waals surface area contributed by atoms with Crippen molar-refractivity contribution < 1.29 is 19.2 Å². The number of hydrogen-bond donors (Lipinski definition) is 3. The molecule has 0 aromatic rings. The van der Waals surface area contributed by atoms with Gasteiger partial charge in [0.2, 0.25) is 0 Å². The quantitative estimate of drug-likeness (QED) is 0.541. The van der Waals surface area contributed by atoms with Gasteiger partial charge in [-0.25, -0.2) is 0 Å². The van der Waals surface area contributed by atoms with Crippen molar-refractivity contribution in [3.8, 4) is 0 Å². The average Bonchev–Trinajstić information content (AvgIpc) is 1.88. The van der Waals surface area contributed by atoms with E-state index in [-0.39, 0.29) is 13.2 Å². The van der Waals surface area contributed by atoms with Gasteiger partial charge >= 0.3 is 0 Å². The Morgan fingerprint density at radius 1 is 1.22 bits per heavy atom. The van der Waals surface area contributed by atoms with E-state index in [4.69, 9.17) is 15.3 Å². The fourth-order valence-electron chi connectivity index (χ4n) is 0.0577. The Labute approximate surface area is 62.9 Å². The lowest BCUT2D eigenvalue weighted by atomic mass is 10.4. The molecule has 0 aromatic heterocycles. The van der Waals surface area contributed by atoms with Gasteiger partial charge in [-0.3, -0.25) is 0 Å². The second kappa shape index (κ2) is 11.2. The predicted molar refractivity (Wildman–Crippen MR) is 33.0 cm³/mol. The van der Waals surface area contributed by atoms with E-state index in [0.29, 0.717) is 0 Å². The molecule has 0 aliphatic rings. The topological polar surface area (TPSA) is 69.9 Å². The molecule has 0 saturated heterocycles. The molecule has 9 heavy (non-hydrogen) atoms. The van der Waals surface area contributed by atoms with Crippen LogP contribution in [0, 0.1) is 0 Å². The molecule has 4 nitrogen and oxygen atoms in total. The largest absolute Gasteiger partial charge is 0.394 e. The molecule has 0 rings (SSSR count). The SMILES string of the molecule is ClOCl.OCC(O)CO. The van der Waals surface area contributed by atoms with Crippen LogP contribution in [-0.4, -0.2) is 34.6 Å². The van der Waals surface area contributed by atoms with Crippen molar-refractivity contribution in [3.05, 3.63) is 0 Å². The number of rotatable bonds is 2. The van der Waals surface area contributed by atoms with Crippen LogP contribution in [0.1, 0.15) is 0 Å². The highest BCUT2D eigenvalue weighted by molar-refractivity contribution is 6.24. The fraction of sp³-hybridized carbons (Fsp3) is 1.00. The van der Waals surface area contributed by atoms with Gasteiger partial charge in [0, 0.05) is 0 Å². The average molecular weight is 179 g/mol. The van der Waals surface area contributed by atoms with Crippen molar-refractivity contribution in [3.63, 3.8) is 0 Å². The van der Waals surface area contributed by atoms with Crippen molar-refractivity contribution in [1.82, 2.24) is 0 Å². The molecule has 0 aliphatic heterocycles. The van der Waals surface area contributed by atoms with Crippen LogP contribution in [0.15, 0.2) is 0 Å². The zero-order valence-corrected chi connectivity index (χ0v) is 6.01. The second-order valence-electron chi connectivity index (χ2n) is 1.08. The molecule has 0 aliphatic carbocycles. The van der Waals surface area contributed by atoms with Gasteiger partial charge in [0.25, 0.3) is 0 Å². The molecule has 6 heteroatoms. The van der Waals surface area contributed by atoms with Gasteiger partial charge in [0.05, 0.1) is 36.9 Å². The van der Waals surface area contributed by atoms with Crippen LogP contribution in [0.4, 0.5) is 0 Å². The van der Waals surface area contributed by atoms with Crippen LogP contribution in [-0.2, 0) is 3.84 Å². The summed E-state index contributed by atoms with van der Waals surface area (Å²) in [6.07, 6.45) is -0.954. The van der Waals surface area contributed by atoms with Gasteiger partial charge in [-0.05, 0) is 0 Å². The summed E-state index contributed by atoms with van der Waals surface area (Å²) in [7, 11) is 0. The van der Waals surface area contributed by atoms with Crippen molar-refractivity contribution in [2.45, 2.75) is 6.10 Å². The van der Waals surface area contributed by atoms with Crippen LogP contribution >= 0.6 is 23.7 Å². The van der Waals surface area contributed by atoms with E-state index in [0.717, 1.165) is 0 Å². The summed E-state index contributed by atoms with van der Waals surface area (Å²) in [5, 5.41) is 24.0. The summed E-state index contributed by atoms with van der Waals surface area (Å²) in [4.78, 5) is 0. The molecule has 0 heterocycles. The van der Waals surface area contributed by atoms with E-state index in [1.807, 2.05) is 0 Å². The van der Waals surface area contributed by atoms with Gasteiger partial charge in [-0.2, -0.15) is 3.84 Å². The fourth-order valence-corrected chi connectivity index (χ4v) is 0.0577. The first-order valence-corrected chi connectivity index (χ1v) is 2.63. The van der Waals surface area contributed by atoms with Gasteiger partial charge in [0.15, 0.2) is 0 Å². The number of hydrogen-bond acceptors (Lipinski definition) is 4. The van der Waals surface area contributed by atoms with Gasteiger partial charge < -0.3 is 15.3 Å². The normalized spacial score (nSPS) is 8.67. The summed E-state index contributed by atoms with van der Waals surface area (Å²) >= 11 is 8.53. The number of aliphatic hydroxyl groups excluding tert-OH is 3. The monoisotopic (exact) mass is 178 g/mol. The zero-order valence-electron chi connectivity index (χ0n) is 4.50. The van der Waals surface area contributed by atoms with Crippen LogP contribution in [0.25, 0.3) is 0 Å². The molecule has 0 amide bonds. The zero-order chi connectivity index (χ0) is 7.70. The Bertz CT molecular complexity index is 40.8. The van der Waals surface area contributed by atoms with Crippen molar-refractivity contribution in [2.24, 2.45) is 0 Å². The molecular weight excluding hydrogens is 171 g/mol. The predicted octanol–water partition coefficient (Wildman–Crippen LogP) is -0.357. The Hall–Kier alpha value is 0.420. The highest BCUT2D eigenvalue weighted by Crippen LogP contribution is 1.78. The molecule has 0 fully saturated rings. The third-order valence-electron chi connectivity index (χ3n) is 0.421. The molecule has 0 atom stereocenters. The highest BCUT2D eigenvalue weighted by atomic mass is 35.6. The van der Waals surface area contributed by atoms with Crippen LogP contribution in [0.3, 0.4) is 0 Å². The molecule has 0 unspecified atom stereocenters. The van der Waals surface area contributed by atoms with E-state index in [9.17, 15) is 0 Å². The maximum Gasteiger partial charge on any atom is 0.100 e. The first-order chi connectivity index (χ1) is 4.22. The van der Waals surface area contributed by atoms with E-state index in [2.05, 4.69) is 27.6 Å². The molecule has 58 valence electrons. The van der Waals surface area contributed by atoms with Crippen LogP contribution < -0.4 is 0 Å². The summed E-state index contributed by atoms with van der Waals surface area (Å²) in [5.74, 6) is 0. The third-order valence-corrected chi connectivity index (χ3v) is 0.421. The van der Waals surface area contributed by atoms with E-state index < -0.39 is 6.10 Å². The van der Waals surface area contributed by atoms with Gasteiger partial charge in [-0.15, -0.1) is 0 Å². The van der Waals surface area contributed by atoms with Gasteiger partial charge in [0.1, 0.15) is 6.10 Å².